The molecule has 0 saturated heterocycles. The molecule has 0 fully saturated rings. The van der Waals surface area contributed by atoms with Crippen molar-refractivity contribution in [3.05, 3.63) is 0 Å². The van der Waals surface area contributed by atoms with Gasteiger partial charge in [-0.3, -0.25) is 15.3 Å². The van der Waals surface area contributed by atoms with Gasteiger partial charge in [-0.15, -0.1) is 0 Å². The lowest BCUT2D eigenvalue weighted by molar-refractivity contribution is 1.19. The van der Waals surface area contributed by atoms with Gasteiger partial charge >= 0.3 is 0 Å². The van der Waals surface area contributed by atoms with Crippen LogP contribution in [0.15, 0.2) is 9.98 Å². The number of rotatable bonds is 0. The summed E-state index contributed by atoms with van der Waals surface area (Å²) in [7, 11) is 3.12. The van der Waals surface area contributed by atoms with Crippen LogP contribution in [0.1, 0.15) is 0 Å². The lowest BCUT2D eigenvalue weighted by Gasteiger charge is -2.00. The van der Waals surface area contributed by atoms with E-state index in [1.165, 1.54) is 0 Å². The van der Waals surface area contributed by atoms with Crippen molar-refractivity contribution in [1.29, 1.82) is 0 Å². The average Bonchev–Trinajstić information content (AvgIpc) is 1.87. The predicted octanol–water partition coefficient (Wildman–Crippen LogP) is -1.53. The topological polar surface area (TPSA) is 88.8 Å². The van der Waals surface area contributed by atoms with Crippen LogP contribution >= 0.6 is 0 Å². The summed E-state index contributed by atoms with van der Waals surface area (Å²) in [5.74, 6) is 0.524. The van der Waals surface area contributed by atoms with Crippen LogP contribution in [0, 0.1) is 0 Å². The van der Waals surface area contributed by atoms with Crippen LogP contribution in [-0.4, -0.2) is 26.0 Å². The van der Waals surface area contributed by atoms with Crippen LogP contribution in [0.5, 0.6) is 0 Å². The zero-order valence-electron chi connectivity index (χ0n) is 5.55. The van der Waals surface area contributed by atoms with Crippen LogP contribution in [0.4, 0.5) is 0 Å². The molecule has 0 radical (unpaired) electrons. The Kier molecular flexibility index (Phi) is 3.19. The summed E-state index contributed by atoms with van der Waals surface area (Å²) in [4.78, 5) is 7.20. The monoisotopic (exact) mass is 129 g/mol. The lowest BCUT2D eigenvalue weighted by atomic mass is 10.8. The van der Waals surface area contributed by atoms with E-state index in [9.17, 15) is 0 Å². The predicted molar refractivity (Wildman–Crippen MR) is 38.2 cm³/mol. The van der Waals surface area contributed by atoms with Crippen LogP contribution in [0.2, 0.25) is 0 Å². The summed E-state index contributed by atoms with van der Waals surface area (Å²) in [5.41, 5.74) is 10.5. The van der Waals surface area contributed by atoms with E-state index in [0.717, 1.165) is 0 Å². The fourth-order valence-corrected chi connectivity index (χ4v) is 0.243. The van der Waals surface area contributed by atoms with Gasteiger partial charge in [-0.1, -0.05) is 0 Å². The molecule has 0 aliphatic rings. The number of nitrogens with zero attached hydrogens (tertiary/aromatic N) is 2. The standard InChI is InChI=1S/C4H11N5/c1-7-3(5)9-4(6)8-2/h1-2H3,(H5,5,6,7,8,9). The number of nitrogens with two attached hydrogens (primary N) is 2. The first kappa shape index (κ1) is 7.74. The summed E-state index contributed by atoms with van der Waals surface area (Å²) >= 11 is 0. The van der Waals surface area contributed by atoms with E-state index in [0.29, 0.717) is 0 Å². The first-order chi connectivity index (χ1) is 4.20. The van der Waals surface area contributed by atoms with Crippen molar-refractivity contribution in [3.8, 4) is 0 Å². The Morgan fingerprint density at radius 3 is 1.67 bits per heavy atom. The minimum Gasteiger partial charge on any atom is -0.370 e. The first-order valence-corrected chi connectivity index (χ1v) is 2.42. The number of guanidine groups is 2. The molecule has 0 amide bonds. The second kappa shape index (κ2) is 3.71. The van der Waals surface area contributed by atoms with E-state index in [-0.39, 0.29) is 11.9 Å². The molecule has 5 N–H and O–H groups in total. The van der Waals surface area contributed by atoms with Crippen molar-refractivity contribution >= 4 is 11.9 Å². The largest absolute Gasteiger partial charge is 0.370 e. The molecule has 0 atom stereocenters. The SMILES string of the molecule is CN=C(N)NC(N)=NC. The summed E-state index contributed by atoms with van der Waals surface area (Å²) < 4.78 is 0. The molecule has 52 valence electrons. The molecule has 0 rings (SSSR count). The van der Waals surface area contributed by atoms with E-state index >= 15 is 0 Å². The average molecular weight is 129 g/mol. The Morgan fingerprint density at radius 1 is 1.11 bits per heavy atom. The number of nitrogens with one attached hydrogen (secondary N) is 1. The second-order valence-corrected chi connectivity index (χ2v) is 1.34. The van der Waals surface area contributed by atoms with Gasteiger partial charge in [-0.2, -0.15) is 0 Å². The molecule has 0 aliphatic heterocycles. The van der Waals surface area contributed by atoms with Gasteiger partial charge in [0.1, 0.15) is 0 Å². The summed E-state index contributed by atoms with van der Waals surface area (Å²) in [5, 5.41) is 2.53. The molecule has 0 unspecified atom stereocenters. The zero-order valence-corrected chi connectivity index (χ0v) is 5.55. The number of aliphatic imine (C=N–C) groups is 2. The van der Waals surface area contributed by atoms with Crippen molar-refractivity contribution in [3.63, 3.8) is 0 Å². The lowest BCUT2D eigenvalue weighted by Crippen LogP contribution is -2.41. The van der Waals surface area contributed by atoms with Gasteiger partial charge in [-0.05, 0) is 0 Å². The van der Waals surface area contributed by atoms with E-state index in [1.54, 1.807) is 14.1 Å². The maximum atomic E-state index is 5.23. The first-order valence-electron chi connectivity index (χ1n) is 2.42. The van der Waals surface area contributed by atoms with E-state index in [2.05, 4.69) is 15.3 Å². The molecule has 0 aromatic rings. The number of hydrogen-bond donors (Lipinski definition) is 3. The zero-order chi connectivity index (χ0) is 7.28. The quantitative estimate of drug-likeness (QED) is 0.274. The van der Waals surface area contributed by atoms with Crippen LogP contribution < -0.4 is 16.8 Å². The van der Waals surface area contributed by atoms with Gasteiger partial charge in [0.25, 0.3) is 0 Å². The van der Waals surface area contributed by atoms with E-state index < -0.39 is 0 Å². The van der Waals surface area contributed by atoms with Crippen LogP contribution in [0.3, 0.4) is 0 Å². The summed E-state index contributed by atoms with van der Waals surface area (Å²) in [6, 6.07) is 0. The Morgan fingerprint density at radius 2 is 1.44 bits per heavy atom. The normalized spacial score (nSPS) is 13.6. The van der Waals surface area contributed by atoms with E-state index in [4.69, 9.17) is 11.5 Å². The maximum absolute atomic E-state index is 5.23. The van der Waals surface area contributed by atoms with Crippen LogP contribution in [0.25, 0.3) is 0 Å². The number of hydrogen-bond acceptors (Lipinski definition) is 2. The van der Waals surface area contributed by atoms with Gasteiger partial charge in [-0.25, -0.2) is 0 Å². The maximum Gasteiger partial charge on any atom is 0.195 e. The molecule has 9 heavy (non-hydrogen) atoms. The third-order valence-corrected chi connectivity index (χ3v) is 0.738. The highest BCUT2D eigenvalue weighted by molar-refractivity contribution is 5.96. The minimum atomic E-state index is 0.262. The van der Waals surface area contributed by atoms with Gasteiger partial charge in [0.05, 0.1) is 0 Å². The Hall–Kier alpha value is -1.26. The van der Waals surface area contributed by atoms with E-state index in [1.807, 2.05) is 0 Å². The van der Waals surface area contributed by atoms with Gasteiger partial charge < -0.3 is 11.5 Å². The van der Waals surface area contributed by atoms with Crippen molar-refractivity contribution in [2.24, 2.45) is 21.5 Å². The fraction of sp³-hybridized carbons (Fsp3) is 0.500. The Balaban J connectivity index is 3.75. The van der Waals surface area contributed by atoms with Gasteiger partial charge in [0, 0.05) is 14.1 Å². The van der Waals surface area contributed by atoms with Crippen molar-refractivity contribution in [2.45, 2.75) is 0 Å². The molecule has 0 heterocycles. The smallest absolute Gasteiger partial charge is 0.195 e. The van der Waals surface area contributed by atoms with Gasteiger partial charge in [0.2, 0.25) is 0 Å². The van der Waals surface area contributed by atoms with Crippen LogP contribution in [-0.2, 0) is 0 Å². The molecule has 0 aromatic carbocycles. The van der Waals surface area contributed by atoms with Crippen molar-refractivity contribution < 1.29 is 0 Å². The Bertz CT molecular complexity index is 120. The summed E-state index contributed by atoms with van der Waals surface area (Å²) in [6.45, 7) is 0. The molecular formula is C4H11N5. The molecule has 5 nitrogen and oxygen atoms in total. The van der Waals surface area contributed by atoms with Crippen molar-refractivity contribution in [1.82, 2.24) is 5.32 Å². The third kappa shape index (κ3) is 3.33. The van der Waals surface area contributed by atoms with Gasteiger partial charge in [0.15, 0.2) is 11.9 Å². The minimum absolute atomic E-state index is 0.262. The highest BCUT2D eigenvalue weighted by Gasteiger charge is 1.88. The highest BCUT2D eigenvalue weighted by Crippen LogP contribution is 1.58. The third-order valence-electron chi connectivity index (χ3n) is 0.738. The molecule has 5 heteroatoms. The van der Waals surface area contributed by atoms with Crippen molar-refractivity contribution in [2.75, 3.05) is 14.1 Å². The molecule has 0 spiro atoms. The highest BCUT2D eigenvalue weighted by atomic mass is 15.2. The Labute approximate surface area is 53.9 Å². The molecule has 0 saturated carbocycles. The fourth-order valence-electron chi connectivity index (χ4n) is 0.243. The summed E-state index contributed by atoms with van der Waals surface area (Å²) in [6.07, 6.45) is 0. The second-order valence-electron chi connectivity index (χ2n) is 1.34. The molecule has 0 aliphatic carbocycles. The molecule has 0 bridgehead atoms. The molecular weight excluding hydrogens is 118 g/mol. The molecule has 0 aromatic heterocycles.